The van der Waals surface area contributed by atoms with Gasteiger partial charge in [0.15, 0.2) is 6.54 Å². The Morgan fingerprint density at radius 1 is 1.14 bits per heavy atom. The maximum absolute atomic E-state index is 12.5. The van der Waals surface area contributed by atoms with Gasteiger partial charge in [-0.1, -0.05) is 12.1 Å². The van der Waals surface area contributed by atoms with Crippen molar-refractivity contribution in [1.29, 1.82) is 0 Å². The SMILES string of the molecule is COc1ccc(C[NH+](C)CC(=O)Nc2ccccc2SCC(N)=O)c(OC)c1. The number of hydrogen-bond donors (Lipinski definition) is 3. The lowest BCUT2D eigenvalue weighted by molar-refractivity contribution is -0.885. The standard InChI is InChI=1S/C20H25N3O4S/c1-23(11-14-8-9-15(26-2)10-17(14)27-3)12-20(25)22-16-6-4-5-7-18(16)28-13-19(21)24/h4-10H,11-13H2,1-3H3,(H2,21,24)(H,22,25)/p+1. The van der Waals surface area contributed by atoms with Crippen molar-refractivity contribution in [2.45, 2.75) is 11.4 Å². The number of thioether (sulfide) groups is 1. The number of quaternary nitrogens is 1. The number of primary amides is 1. The molecule has 2 amide bonds. The minimum absolute atomic E-state index is 0.114. The van der Waals surface area contributed by atoms with Crippen molar-refractivity contribution in [3.8, 4) is 11.5 Å². The van der Waals surface area contributed by atoms with Crippen LogP contribution in [0.15, 0.2) is 47.4 Å². The van der Waals surface area contributed by atoms with Gasteiger partial charge in [-0.05, 0) is 24.3 Å². The molecule has 0 spiro atoms. The molecule has 2 rings (SSSR count). The number of carbonyl (C=O) groups excluding carboxylic acids is 2. The van der Waals surface area contributed by atoms with Gasteiger partial charge in [0.25, 0.3) is 5.91 Å². The Morgan fingerprint density at radius 3 is 2.57 bits per heavy atom. The number of para-hydroxylation sites is 1. The normalized spacial score (nSPS) is 11.5. The fraction of sp³-hybridized carbons (Fsp3) is 0.300. The van der Waals surface area contributed by atoms with E-state index in [1.165, 1.54) is 11.8 Å². The fourth-order valence-electron chi connectivity index (χ4n) is 2.70. The van der Waals surface area contributed by atoms with Gasteiger partial charge in [0.05, 0.1) is 32.7 Å². The van der Waals surface area contributed by atoms with Crippen LogP contribution in [0.25, 0.3) is 0 Å². The van der Waals surface area contributed by atoms with Gasteiger partial charge < -0.3 is 25.4 Å². The number of rotatable bonds is 10. The predicted molar refractivity (Wildman–Crippen MR) is 110 cm³/mol. The van der Waals surface area contributed by atoms with Crippen LogP contribution in [0, 0.1) is 0 Å². The fourth-order valence-corrected chi connectivity index (χ4v) is 3.45. The highest BCUT2D eigenvalue weighted by molar-refractivity contribution is 8.00. The van der Waals surface area contributed by atoms with Crippen molar-refractivity contribution < 1.29 is 24.0 Å². The van der Waals surface area contributed by atoms with E-state index in [1.54, 1.807) is 14.2 Å². The van der Waals surface area contributed by atoms with E-state index < -0.39 is 5.91 Å². The Kier molecular flexibility index (Phi) is 8.16. The zero-order chi connectivity index (χ0) is 20.5. The molecule has 2 aromatic rings. The van der Waals surface area contributed by atoms with Crippen LogP contribution in [0.1, 0.15) is 5.56 Å². The third-order valence-electron chi connectivity index (χ3n) is 3.98. The first-order valence-corrected chi connectivity index (χ1v) is 9.73. The minimum atomic E-state index is -0.399. The van der Waals surface area contributed by atoms with E-state index in [9.17, 15) is 9.59 Å². The molecule has 0 aliphatic heterocycles. The van der Waals surface area contributed by atoms with Crippen molar-refractivity contribution in [2.75, 3.05) is 38.9 Å². The van der Waals surface area contributed by atoms with Gasteiger partial charge in [0, 0.05) is 16.5 Å². The van der Waals surface area contributed by atoms with Gasteiger partial charge in [-0.3, -0.25) is 9.59 Å². The Morgan fingerprint density at radius 2 is 1.89 bits per heavy atom. The van der Waals surface area contributed by atoms with Gasteiger partial charge in [-0.15, -0.1) is 11.8 Å². The van der Waals surface area contributed by atoms with Gasteiger partial charge >= 0.3 is 0 Å². The lowest BCUT2D eigenvalue weighted by atomic mass is 10.2. The second-order valence-corrected chi connectivity index (χ2v) is 7.30. The van der Waals surface area contributed by atoms with E-state index in [1.807, 2.05) is 49.5 Å². The number of methoxy groups -OCH3 is 2. The lowest BCUT2D eigenvalue weighted by Gasteiger charge is -2.17. The van der Waals surface area contributed by atoms with Crippen LogP contribution in [0.2, 0.25) is 0 Å². The van der Waals surface area contributed by atoms with E-state index in [0.717, 1.165) is 26.9 Å². The Balaban J connectivity index is 1.97. The molecular formula is C20H26N3O4S+. The monoisotopic (exact) mass is 404 g/mol. The Hall–Kier alpha value is -2.71. The van der Waals surface area contributed by atoms with E-state index >= 15 is 0 Å². The van der Waals surface area contributed by atoms with Gasteiger partial charge in [0.1, 0.15) is 18.0 Å². The minimum Gasteiger partial charge on any atom is -0.497 e. The Bertz CT molecular complexity index is 829. The van der Waals surface area contributed by atoms with E-state index in [0.29, 0.717) is 12.2 Å². The average molecular weight is 405 g/mol. The number of hydrogen-bond acceptors (Lipinski definition) is 5. The van der Waals surface area contributed by atoms with Crippen molar-refractivity contribution in [2.24, 2.45) is 5.73 Å². The zero-order valence-corrected chi connectivity index (χ0v) is 17.1. The van der Waals surface area contributed by atoms with E-state index in [-0.39, 0.29) is 18.2 Å². The molecule has 0 saturated heterocycles. The summed E-state index contributed by atoms with van der Waals surface area (Å²) in [5, 5.41) is 2.91. The third-order valence-corrected chi connectivity index (χ3v) is 5.08. The average Bonchev–Trinajstić information content (AvgIpc) is 2.67. The smallest absolute Gasteiger partial charge is 0.279 e. The van der Waals surface area contributed by atoms with Crippen molar-refractivity contribution in [1.82, 2.24) is 0 Å². The highest BCUT2D eigenvalue weighted by Gasteiger charge is 2.15. The van der Waals surface area contributed by atoms with Gasteiger partial charge in [-0.2, -0.15) is 0 Å². The molecule has 0 aliphatic rings. The summed E-state index contributed by atoms with van der Waals surface area (Å²) in [6, 6.07) is 13.0. The van der Waals surface area contributed by atoms with E-state index in [2.05, 4.69) is 5.32 Å². The number of nitrogens with two attached hydrogens (primary N) is 1. The number of likely N-dealkylation sites (N-methyl/N-ethyl adjacent to an activating group) is 1. The van der Waals surface area contributed by atoms with Crippen molar-refractivity contribution >= 4 is 29.3 Å². The molecule has 0 bridgehead atoms. The topological polar surface area (TPSA) is 95.1 Å². The van der Waals surface area contributed by atoms with Crippen LogP contribution < -0.4 is 25.4 Å². The molecule has 0 radical (unpaired) electrons. The first-order chi connectivity index (χ1) is 13.4. The molecule has 0 aromatic heterocycles. The number of nitrogens with one attached hydrogen (secondary N) is 2. The molecular weight excluding hydrogens is 378 g/mol. The molecule has 1 atom stereocenters. The highest BCUT2D eigenvalue weighted by Crippen LogP contribution is 2.26. The summed E-state index contributed by atoms with van der Waals surface area (Å²) in [4.78, 5) is 25.3. The summed E-state index contributed by atoms with van der Waals surface area (Å²) in [6.07, 6.45) is 0. The van der Waals surface area contributed by atoms with Crippen LogP contribution in [-0.2, 0) is 16.1 Å². The maximum atomic E-state index is 12.5. The summed E-state index contributed by atoms with van der Waals surface area (Å²) in [7, 11) is 5.16. The maximum Gasteiger partial charge on any atom is 0.279 e. The second-order valence-electron chi connectivity index (χ2n) is 6.29. The molecule has 0 aliphatic carbocycles. The molecule has 150 valence electrons. The predicted octanol–water partition coefficient (Wildman–Crippen LogP) is 0.935. The molecule has 0 fully saturated rings. The molecule has 4 N–H and O–H groups in total. The molecule has 0 heterocycles. The number of benzene rings is 2. The molecule has 0 saturated carbocycles. The number of amides is 2. The van der Waals surface area contributed by atoms with Crippen molar-refractivity contribution in [3.63, 3.8) is 0 Å². The van der Waals surface area contributed by atoms with Crippen LogP contribution in [0.3, 0.4) is 0 Å². The van der Waals surface area contributed by atoms with Crippen LogP contribution >= 0.6 is 11.8 Å². The lowest BCUT2D eigenvalue weighted by Crippen LogP contribution is -3.08. The first-order valence-electron chi connectivity index (χ1n) is 8.75. The second kappa shape index (κ2) is 10.6. The summed E-state index contributed by atoms with van der Waals surface area (Å²) >= 11 is 1.30. The molecule has 7 nitrogen and oxygen atoms in total. The Labute approximate surface area is 169 Å². The molecule has 8 heteroatoms. The van der Waals surface area contributed by atoms with Gasteiger partial charge in [0.2, 0.25) is 5.91 Å². The molecule has 1 unspecified atom stereocenters. The summed E-state index contributed by atoms with van der Waals surface area (Å²) in [6.45, 7) is 0.905. The van der Waals surface area contributed by atoms with Crippen LogP contribution in [-0.4, -0.2) is 45.4 Å². The molecule has 2 aromatic carbocycles. The summed E-state index contributed by atoms with van der Waals surface area (Å²) in [5.74, 6) is 1.10. The third kappa shape index (κ3) is 6.47. The number of anilines is 1. The summed E-state index contributed by atoms with van der Waals surface area (Å²) < 4.78 is 10.6. The largest absolute Gasteiger partial charge is 0.497 e. The molecule has 28 heavy (non-hydrogen) atoms. The summed E-state index contributed by atoms with van der Waals surface area (Å²) in [5.41, 5.74) is 6.87. The van der Waals surface area contributed by atoms with Gasteiger partial charge in [-0.25, -0.2) is 0 Å². The van der Waals surface area contributed by atoms with Crippen LogP contribution in [0.4, 0.5) is 5.69 Å². The number of carbonyl (C=O) groups is 2. The van der Waals surface area contributed by atoms with E-state index in [4.69, 9.17) is 15.2 Å². The quantitative estimate of drug-likeness (QED) is 0.512. The van der Waals surface area contributed by atoms with Crippen LogP contribution in [0.5, 0.6) is 11.5 Å². The first kappa shape index (κ1) is 21.6. The number of ether oxygens (including phenoxy) is 2. The highest BCUT2D eigenvalue weighted by atomic mass is 32.2. The van der Waals surface area contributed by atoms with Crippen molar-refractivity contribution in [3.05, 3.63) is 48.0 Å². The zero-order valence-electron chi connectivity index (χ0n) is 16.3.